The van der Waals surface area contributed by atoms with Crippen LogP contribution in [0.3, 0.4) is 0 Å². The van der Waals surface area contributed by atoms with E-state index in [0.29, 0.717) is 10.6 Å². The number of aliphatic hydroxyl groups excluding tert-OH is 1. The maximum atomic E-state index is 15.1. The van der Waals surface area contributed by atoms with Gasteiger partial charge in [0.05, 0.1) is 29.4 Å². The van der Waals surface area contributed by atoms with Crippen molar-refractivity contribution in [3.63, 3.8) is 0 Å². The Bertz CT molecular complexity index is 1430. The van der Waals surface area contributed by atoms with E-state index < -0.39 is 46.8 Å². The first-order chi connectivity index (χ1) is 17.7. The standard InChI is InChI=1S/C27H21F3N4O3/c1-27-15-23(35)34(26(37)33(27)12-11-32(25(27)36)19-6-4-10-31-16-19)24-21(29)13-17(14-22(24)30)8-9-18-5-2-3-7-20(18)28/h2-7,10,13-14,16,25,36H,11-12,15H2,1H3/t25?,27-/m0/s1. The molecule has 1 unspecified atom stereocenters. The van der Waals surface area contributed by atoms with E-state index in [-0.39, 0.29) is 30.6 Å². The molecule has 2 aromatic carbocycles. The minimum atomic E-state index is -1.34. The van der Waals surface area contributed by atoms with Crippen molar-refractivity contribution in [2.45, 2.75) is 25.1 Å². The number of pyridine rings is 1. The number of imide groups is 1. The smallest absolute Gasteiger partial charge is 0.332 e. The van der Waals surface area contributed by atoms with Gasteiger partial charge in [-0.05, 0) is 43.3 Å². The van der Waals surface area contributed by atoms with Gasteiger partial charge >= 0.3 is 6.03 Å². The number of benzene rings is 2. The minimum absolute atomic E-state index is 0.0528. The molecule has 2 aliphatic rings. The molecule has 0 bridgehead atoms. The van der Waals surface area contributed by atoms with Crippen molar-refractivity contribution in [2.75, 3.05) is 22.9 Å². The van der Waals surface area contributed by atoms with Crippen molar-refractivity contribution in [2.24, 2.45) is 0 Å². The second kappa shape index (κ2) is 9.26. The molecule has 2 fully saturated rings. The third kappa shape index (κ3) is 4.17. The molecule has 1 aromatic heterocycles. The zero-order chi connectivity index (χ0) is 26.3. The Labute approximate surface area is 210 Å². The summed E-state index contributed by atoms with van der Waals surface area (Å²) in [7, 11) is 0. The number of amides is 3. The van der Waals surface area contributed by atoms with Crippen LogP contribution >= 0.6 is 0 Å². The Kier molecular flexibility index (Phi) is 6.09. The van der Waals surface area contributed by atoms with Crippen LogP contribution < -0.4 is 9.80 Å². The lowest BCUT2D eigenvalue weighted by Crippen LogP contribution is -2.74. The summed E-state index contributed by atoms with van der Waals surface area (Å²) in [5, 5.41) is 11.1. The molecule has 2 aliphatic heterocycles. The zero-order valence-electron chi connectivity index (χ0n) is 19.7. The van der Waals surface area contributed by atoms with E-state index >= 15 is 8.78 Å². The maximum Gasteiger partial charge on any atom is 0.332 e. The molecule has 10 heteroatoms. The first kappa shape index (κ1) is 24.3. The normalized spacial score (nSPS) is 21.4. The quantitative estimate of drug-likeness (QED) is 0.537. The molecule has 3 aromatic rings. The highest BCUT2D eigenvalue weighted by molar-refractivity contribution is 6.16. The molecule has 1 N–H and O–H groups in total. The first-order valence-corrected chi connectivity index (χ1v) is 11.5. The monoisotopic (exact) mass is 506 g/mol. The van der Waals surface area contributed by atoms with E-state index in [1.807, 2.05) is 0 Å². The van der Waals surface area contributed by atoms with Crippen LogP contribution in [0.4, 0.5) is 29.3 Å². The summed E-state index contributed by atoms with van der Waals surface area (Å²) in [6.07, 6.45) is 1.51. The molecule has 2 saturated heterocycles. The third-order valence-corrected chi connectivity index (χ3v) is 6.65. The summed E-state index contributed by atoms with van der Waals surface area (Å²) in [5.41, 5.74) is -1.59. The number of hydrogen-bond donors (Lipinski definition) is 1. The number of nitrogens with zero attached hydrogens (tertiary/aromatic N) is 4. The zero-order valence-corrected chi connectivity index (χ0v) is 19.7. The Morgan fingerprint density at radius 1 is 1.00 bits per heavy atom. The van der Waals surface area contributed by atoms with E-state index in [2.05, 4.69) is 16.8 Å². The number of fused-ring (bicyclic) bond motifs is 1. The predicted molar refractivity (Wildman–Crippen MR) is 129 cm³/mol. The second-order valence-electron chi connectivity index (χ2n) is 8.99. The Hall–Kier alpha value is -4.36. The summed E-state index contributed by atoms with van der Waals surface area (Å²) in [6, 6.07) is 9.98. The second-order valence-corrected chi connectivity index (χ2v) is 8.99. The van der Waals surface area contributed by atoms with Gasteiger partial charge in [0.2, 0.25) is 5.91 Å². The van der Waals surface area contributed by atoms with Gasteiger partial charge in [0, 0.05) is 24.8 Å². The molecule has 2 atom stereocenters. The Balaban J connectivity index is 1.44. The number of rotatable bonds is 2. The Morgan fingerprint density at radius 3 is 2.41 bits per heavy atom. The van der Waals surface area contributed by atoms with E-state index in [9.17, 15) is 19.1 Å². The van der Waals surface area contributed by atoms with Crippen LogP contribution in [0.5, 0.6) is 0 Å². The molecule has 0 saturated carbocycles. The topological polar surface area (TPSA) is 77.0 Å². The fourth-order valence-corrected chi connectivity index (χ4v) is 4.74. The summed E-state index contributed by atoms with van der Waals surface area (Å²) < 4.78 is 44.0. The van der Waals surface area contributed by atoms with Gasteiger partial charge in [-0.15, -0.1) is 0 Å². The van der Waals surface area contributed by atoms with Crippen molar-refractivity contribution in [1.29, 1.82) is 0 Å². The summed E-state index contributed by atoms with van der Waals surface area (Å²) in [6.45, 7) is 1.87. The molecule has 0 spiro atoms. The molecular formula is C27H21F3N4O3. The highest BCUT2D eigenvalue weighted by atomic mass is 19.1. The van der Waals surface area contributed by atoms with Crippen molar-refractivity contribution >= 4 is 23.3 Å². The highest BCUT2D eigenvalue weighted by Crippen LogP contribution is 2.39. The fraction of sp³-hybridized carbons (Fsp3) is 0.222. The number of aromatic nitrogens is 1. The molecule has 5 rings (SSSR count). The fourth-order valence-electron chi connectivity index (χ4n) is 4.74. The van der Waals surface area contributed by atoms with Crippen LogP contribution in [0.15, 0.2) is 60.9 Å². The molecule has 7 nitrogen and oxygen atoms in total. The molecule has 3 amide bonds. The maximum absolute atomic E-state index is 15.1. The van der Waals surface area contributed by atoms with Gasteiger partial charge in [-0.25, -0.2) is 22.9 Å². The molecule has 0 aliphatic carbocycles. The molecular weight excluding hydrogens is 485 g/mol. The van der Waals surface area contributed by atoms with E-state index in [1.165, 1.54) is 23.1 Å². The highest BCUT2D eigenvalue weighted by Gasteiger charge is 2.55. The van der Waals surface area contributed by atoms with Crippen molar-refractivity contribution in [3.05, 3.63) is 89.5 Å². The van der Waals surface area contributed by atoms with Crippen LogP contribution in [0, 0.1) is 29.3 Å². The first-order valence-electron chi connectivity index (χ1n) is 11.5. The Morgan fingerprint density at radius 2 is 1.73 bits per heavy atom. The van der Waals surface area contributed by atoms with Crippen molar-refractivity contribution in [3.8, 4) is 11.8 Å². The predicted octanol–water partition coefficient (Wildman–Crippen LogP) is 3.65. The SMILES string of the molecule is C[C@@]12CC(=O)N(c3c(F)cc(C#Cc4ccccc4F)cc3F)C(=O)N1CCN(c1cccnc1)C2O. The average Bonchev–Trinajstić information content (AvgIpc) is 2.87. The largest absolute Gasteiger partial charge is 0.371 e. The van der Waals surface area contributed by atoms with Crippen molar-refractivity contribution < 1.29 is 27.9 Å². The number of halogens is 3. The third-order valence-electron chi connectivity index (χ3n) is 6.65. The van der Waals surface area contributed by atoms with Gasteiger partial charge < -0.3 is 14.9 Å². The summed E-state index contributed by atoms with van der Waals surface area (Å²) in [5.74, 6) is 1.24. The van der Waals surface area contributed by atoms with Crippen LogP contribution in [0.1, 0.15) is 24.5 Å². The number of piperazine rings is 1. The van der Waals surface area contributed by atoms with E-state index in [1.54, 1.807) is 42.4 Å². The minimum Gasteiger partial charge on any atom is -0.371 e. The van der Waals surface area contributed by atoms with E-state index in [0.717, 1.165) is 12.1 Å². The summed E-state index contributed by atoms with van der Waals surface area (Å²) in [4.78, 5) is 33.9. The number of hydrogen-bond acceptors (Lipinski definition) is 5. The lowest BCUT2D eigenvalue weighted by atomic mass is 9.87. The van der Waals surface area contributed by atoms with E-state index in [4.69, 9.17) is 0 Å². The molecule has 3 heterocycles. The van der Waals surface area contributed by atoms with Gasteiger partial charge in [0.25, 0.3) is 0 Å². The number of aliphatic hydroxyl groups is 1. The molecule has 188 valence electrons. The van der Waals surface area contributed by atoms with Gasteiger partial charge in [0.1, 0.15) is 11.5 Å². The van der Waals surface area contributed by atoms with Crippen LogP contribution in [-0.4, -0.2) is 51.8 Å². The lowest BCUT2D eigenvalue weighted by molar-refractivity contribution is -0.127. The number of urea groups is 1. The number of anilines is 2. The van der Waals surface area contributed by atoms with Gasteiger partial charge in [0.15, 0.2) is 17.9 Å². The number of carbonyl (C=O) groups excluding carboxylic acids is 2. The summed E-state index contributed by atoms with van der Waals surface area (Å²) >= 11 is 0. The average molecular weight is 506 g/mol. The van der Waals surface area contributed by atoms with Crippen LogP contribution in [0.2, 0.25) is 0 Å². The number of carbonyl (C=O) groups is 2. The van der Waals surface area contributed by atoms with Gasteiger partial charge in [-0.2, -0.15) is 0 Å². The molecule has 37 heavy (non-hydrogen) atoms. The molecule has 0 radical (unpaired) electrons. The van der Waals surface area contributed by atoms with Crippen LogP contribution in [0.25, 0.3) is 0 Å². The lowest BCUT2D eigenvalue weighted by Gasteiger charge is -2.55. The van der Waals surface area contributed by atoms with Crippen molar-refractivity contribution in [1.82, 2.24) is 9.88 Å². The van der Waals surface area contributed by atoms with Gasteiger partial charge in [-0.3, -0.25) is 9.78 Å². The van der Waals surface area contributed by atoms with Gasteiger partial charge in [-0.1, -0.05) is 24.0 Å². The van der Waals surface area contributed by atoms with Crippen LogP contribution in [-0.2, 0) is 4.79 Å².